The fraction of sp³-hybridized carbons (Fsp3) is 0.423. The largest absolute Gasteiger partial charge is 0.493 e. The van der Waals surface area contributed by atoms with Crippen molar-refractivity contribution in [3.63, 3.8) is 0 Å². The Morgan fingerprint density at radius 1 is 1.00 bits per heavy atom. The van der Waals surface area contributed by atoms with Gasteiger partial charge in [-0.1, -0.05) is 6.07 Å². The first-order chi connectivity index (χ1) is 15.9. The summed E-state index contributed by atoms with van der Waals surface area (Å²) in [7, 11) is 3.15. The minimum atomic E-state index is -0.0937. The molecule has 1 aromatic heterocycles. The van der Waals surface area contributed by atoms with E-state index >= 15 is 0 Å². The maximum Gasteiger partial charge on any atom is 0.200 e. The molecule has 3 aromatic rings. The minimum Gasteiger partial charge on any atom is -0.493 e. The Morgan fingerprint density at radius 2 is 1.73 bits per heavy atom. The number of hydrogen-bond acceptors (Lipinski definition) is 7. The molecule has 0 amide bonds. The molecular weight excluding hydrogens is 422 g/mol. The third-order valence-electron chi connectivity index (χ3n) is 5.88. The number of benzene rings is 2. The van der Waals surface area contributed by atoms with Crippen LogP contribution >= 0.6 is 0 Å². The van der Waals surface area contributed by atoms with Gasteiger partial charge in [-0.2, -0.15) is 0 Å². The predicted molar refractivity (Wildman–Crippen MR) is 128 cm³/mol. The van der Waals surface area contributed by atoms with Crippen LogP contribution in [0.2, 0.25) is 0 Å². The van der Waals surface area contributed by atoms with Crippen molar-refractivity contribution in [2.45, 2.75) is 33.0 Å². The van der Waals surface area contributed by atoms with Crippen LogP contribution in [0.4, 0.5) is 0 Å². The zero-order valence-corrected chi connectivity index (χ0v) is 19.8. The topological polar surface area (TPSA) is 70.4 Å². The molecule has 1 aliphatic rings. The highest BCUT2D eigenvalue weighted by Crippen LogP contribution is 2.33. The smallest absolute Gasteiger partial charge is 0.200 e. The molecule has 2 heterocycles. The van der Waals surface area contributed by atoms with Gasteiger partial charge in [0.15, 0.2) is 11.5 Å². The predicted octanol–water partition coefficient (Wildman–Crippen LogP) is 4.27. The lowest BCUT2D eigenvalue weighted by Crippen LogP contribution is -2.46. The summed E-state index contributed by atoms with van der Waals surface area (Å²) in [6.07, 6.45) is 0.457. The van der Waals surface area contributed by atoms with Crippen molar-refractivity contribution in [3.8, 4) is 28.4 Å². The van der Waals surface area contributed by atoms with E-state index in [1.54, 1.807) is 45.4 Å². The summed E-state index contributed by atoms with van der Waals surface area (Å²) in [5.41, 5.74) is 1.64. The van der Waals surface area contributed by atoms with Crippen LogP contribution in [0, 0.1) is 6.92 Å². The second kappa shape index (κ2) is 9.85. The van der Waals surface area contributed by atoms with Crippen molar-refractivity contribution in [3.05, 3.63) is 52.4 Å². The Labute approximate surface area is 193 Å². The van der Waals surface area contributed by atoms with E-state index in [4.69, 9.17) is 23.4 Å². The average Bonchev–Trinajstić information content (AvgIpc) is 2.78. The van der Waals surface area contributed by atoms with Gasteiger partial charge in [0.2, 0.25) is 5.43 Å². The first-order valence-corrected chi connectivity index (χ1v) is 11.2. The quantitative estimate of drug-likeness (QED) is 0.529. The summed E-state index contributed by atoms with van der Waals surface area (Å²) in [5, 5.41) is 0.508. The van der Waals surface area contributed by atoms with E-state index in [-0.39, 0.29) is 17.6 Å². The number of rotatable bonds is 7. The first kappa shape index (κ1) is 23.1. The molecule has 0 bridgehead atoms. The van der Waals surface area contributed by atoms with Gasteiger partial charge in [-0.25, -0.2) is 0 Å². The van der Waals surface area contributed by atoms with Crippen LogP contribution in [-0.2, 0) is 4.74 Å². The Kier molecular flexibility index (Phi) is 6.91. The van der Waals surface area contributed by atoms with Crippen LogP contribution in [0.5, 0.6) is 17.2 Å². The van der Waals surface area contributed by atoms with Crippen molar-refractivity contribution in [2.24, 2.45) is 0 Å². The normalized spacial score (nSPS) is 18.9. The molecule has 7 nitrogen and oxygen atoms in total. The highest BCUT2D eigenvalue weighted by Gasteiger charge is 2.22. The van der Waals surface area contributed by atoms with Gasteiger partial charge in [0.25, 0.3) is 0 Å². The molecule has 176 valence electrons. The van der Waals surface area contributed by atoms with Gasteiger partial charge < -0.3 is 23.4 Å². The summed E-state index contributed by atoms with van der Waals surface area (Å²) in [6, 6.07) is 10.8. The first-order valence-electron chi connectivity index (χ1n) is 11.2. The molecule has 2 atom stereocenters. The zero-order chi connectivity index (χ0) is 23.5. The van der Waals surface area contributed by atoms with E-state index in [9.17, 15) is 4.79 Å². The van der Waals surface area contributed by atoms with E-state index in [2.05, 4.69) is 18.7 Å². The van der Waals surface area contributed by atoms with Crippen LogP contribution < -0.4 is 19.6 Å². The fourth-order valence-corrected chi connectivity index (χ4v) is 4.46. The highest BCUT2D eigenvalue weighted by molar-refractivity contribution is 5.84. The summed E-state index contributed by atoms with van der Waals surface area (Å²) in [6.45, 7) is 9.15. The maximum atomic E-state index is 13.3. The van der Waals surface area contributed by atoms with Crippen molar-refractivity contribution in [1.29, 1.82) is 0 Å². The summed E-state index contributed by atoms with van der Waals surface area (Å²) in [4.78, 5) is 15.7. The zero-order valence-electron chi connectivity index (χ0n) is 19.8. The highest BCUT2D eigenvalue weighted by atomic mass is 16.5. The lowest BCUT2D eigenvalue weighted by atomic mass is 10.0. The minimum absolute atomic E-state index is 0.0937. The monoisotopic (exact) mass is 453 g/mol. The van der Waals surface area contributed by atoms with Gasteiger partial charge in [-0.05, 0) is 50.6 Å². The fourth-order valence-electron chi connectivity index (χ4n) is 4.46. The number of ether oxygens (including phenoxy) is 4. The molecule has 2 aromatic carbocycles. The Bertz CT molecular complexity index is 1180. The lowest BCUT2D eigenvalue weighted by Gasteiger charge is -2.35. The Morgan fingerprint density at radius 3 is 2.42 bits per heavy atom. The number of fused-ring (bicyclic) bond motifs is 1. The van der Waals surface area contributed by atoms with Gasteiger partial charge in [-0.3, -0.25) is 9.69 Å². The molecule has 0 spiro atoms. The van der Waals surface area contributed by atoms with Crippen LogP contribution in [-0.4, -0.2) is 57.6 Å². The molecule has 33 heavy (non-hydrogen) atoms. The second-order valence-corrected chi connectivity index (χ2v) is 8.46. The van der Waals surface area contributed by atoms with E-state index in [1.165, 1.54) is 0 Å². The molecule has 7 heteroatoms. The van der Waals surface area contributed by atoms with Gasteiger partial charge in [0.1, 0.15) is 23.7 Å². The number of morpholine rings is 1. The molecule has 0 radical (unpaired) electrons. The third kappa shape index (κ3) is 4.99. The van der Waals surface area contributed by atoms with E-state index in [0.717, 1.165) is 25.2 Å². The molecule has 1 aliphatic heterocycles. The molecule has 4 rings (SSSR count). The molecule has 0 aliphatic carbocycles. The van der Waals surface area contributed by atoms with Crippen molar-refractivity contribution < 1.29 is 23.4 Å². The SMILES string of the molecule is COc1ccc(-c2c(C)oc3cc(OCCN4C[C@H](C)O[C@@H](C)C4)ccc3c2=O)cc1OC. The van der Waals surface area contributed by atoms with Crippen LogP contribution in [0.3, 0.4) is 0 Å². The number of aryl methyl sites for hydroxylation is 1. The molecule has 1 fully saturated rings. The van der Waals surface area contributed by atoms with E-state index in [1.807, 2.05) is 12.1 Å². The number of nitrogens with zero attached hydrogens (tertiary/aromatic N) is 1. The molecule has 0 N–H and O–H groups in total. The molecular formula is C26H31NO6. The average molecular weight is 454 g/mol. The third-order valence-corrected chi connectivity index (χ3v) is 5.88. The van der Waals surface area contributed by atoms with Crippen molar-refractivity contribution in [2.75, 3.05) is 40.5 Å². The molecule has 0 saturated carbocycles. The van der Waals surface area contributed by atoms with Crippen molar-refractivity contribution in [1.82, 2.24) is 4.90 Å². The van der Waals surface area contributed by atoms with E-state index < -0.39 is 0 Å². The Balaban J connectivity index is 1.54. The second-order valence-electron chi connectivity index (χ2n) is 8.46. The molecule has 1 saturated heterocycles. The van der Waals surface area contributed by atoms with Crippen LogP contribution in [0.25, 0.3) is 22.1 Å². The van der Waals surface area contributed by atoms with Crippen LogP contribution in [0.1, 0.15) is 19.6 Å². The number of hydrogen-bond donors (Lipinski definition) is 0. The lowest BCUT2D eigenvalue weighted by molar-refractivity contribution is -0.0699. The number of methoxy groups -OCH3 is 2. The molecule has 0 unspecified atom stereocenters. The standard InChI is InChI=1S/C26H31NO6/c1-16-14-27(15-17(2)32-16)10-11-31-20-7-8-21-23(13-20)33-18(3)25(26(21)28)19-6-9-22(29-4)24(12-19)30-5/h6-9,12-13,16-17H,10-11,14-15H2,1-5H3/t16-,17-/m0/s1. The maximum absolute atomic E-state index is 13.3. The van der Waals surface area contributed by atoms with Gasteiger partial charge >= 0.3 is 0 Å². The van der Waals surface area contributed by atoms with Gasteiger partial charge in [0, 0.05) is 25.7 Å². The van der Waals surface area contributed by atoms with Crippen molar-refractivity contribution >= 4 is 11.0 Å². The summed E-state index contributed by atoms with van der Waals surface area (Å²) in [5.74, 6) is 2.37. The van der Waals surface area contributed by atoms with E-state index in [0.29, 0.717) is 46.1 Å². The van der Waals surface area contributed by atoms with Gasteiger partial charge in [0.05, 0.1) is 37.4 Å². The Hall–Kier alpha value is -3.03. The van der Waals surface area contributed by atoms with Crippen LogP contribution in [0.15, 0.2) is 45.6 Å². The summed E-state index contributed by atoms with van der Waals surface area (Å²) < 4.78 is 28.5. The summed E-state index contributed by atoms with van der Waals surface area (Å²) >= 11 is 0. The van der Waals surface area contributed by atoms with Gasteiger partial charge in [-0.15, -0.1) is 0 Å².